The summed E-state index contributed by atoms with van der Waals surface area (Å²) in [6, 6.07) is 11.5. The van der Waals surface area contributed by atoms with E-state index in [-0.39, 0.29) is 4.90 Å². The van der Waals surface area contributed by atoms with Gasteiger partial charge in [-0.25, -0.2) is 13.1 Å². The van der Waals surface area contributed by atoms with Crippen molar-refractivity contribution < 1.29 is 17.9 Å². The van der Waals surface area contributed by atoms with Crippen molar-refractivity contribution >= 4 is 10.0 Å². The molecule has 0 unspecified atom stereocenters. The lowest BCUT2D eigenvalue weighted by molar-refractivity contribution is 0.401. The molecule has 1 aliphatic rings. The zero-order chi connectivity index (χ0) is 19.3. The molecule has 0 bridgehead atoms. The minimum Gasteiger partial charge on any atom is -0.496 e. The minimum atomic E-state index is -3.61. The van der Waals surface area contributed by atoms with Crippen LogP contribution in [0.25, 0.3) is 0 Å². The molecule has 3 rings (SSSR count). The van der Waals surface area contributed by atoms with Crippen LogP contribution in [0.5, 0.6) is 11.5 Å². The first kappa shape index (κ1) is 19.7. The average molecular weight is 390 g/mol. The molecule has 1 aliphatic carbocycles. The third-order valence-electron chi connectivity index (χ3n) is 5.03. The molecule has 0 saturated heterocycles. The summed E-state index contributed by atoms with van der Waals surface area (Å²) in [4.78, 5) is 0.239. The molecule has 27 heavy (non-hydrogen) atoms. The van der Waals surface area contributed by atoms with Gasteiger partial charge in [-0.2, -0.15) is 0 Å². The van der Waals surface area contributed by atoms with Crippen molar-refractivity contribution in [2.45, 2.75) is 43.4 Å². The molecule has 0 heterocycles. The Morgan fingerprint density at radius 3 is 2.33 bits per heavy atom. The van der Waals surface area contributed by atoms with E-state index in [0.29, 0.717) is 18.7 Å². The fourth-order valence-electron chi connectivity index (χ4n) is 3.58. The standard InChI is InChI=1S/C21H27NO4S/c1-25-19-12-6-5-8-16(19)11-7-13-22-27(23,24)21-15-18-10-4-3-9-17(18)14-20(21)26-2/h5-6,8,12,14-15,22H,3-4,7,9-11,13H2,1-2H3. The van der Waals surface area contributed by atoms with Crippen molar-refractivity contribution in [2.75, 3.05) is 20.8 Å². The van der Waals surface area contributed by atoms with Gasteiger partial charge in [0, 0.05) is 6.54 Å². The Balaban J connectivity index is 1.68. The number of benzene rings is 2. The Labute approximate surface area is 161 Å². The second-order valence-corrected chi connectivity index (χ2v) is 8.53. The third-order valence-corrected chi connectivity index (χ3v) is 6.51. The van der Waals surface area contributed by atoms with Crippen molar-refractivity contribution in [1.29, 1.82) is 0 Å². The van der Waals surface area contributed by atoms with Crippen LogP contribution in [0.15, 0.2) is 41.3 Å². The van der Waals surface area contributed by atoms with Gasteiger partial charge in [-0.1, -0.05) is 18.2 Å². The summed E-state index contributed by atoms with van der Waals surface area (Å²) in [5.41, 5.74) is 3.40. The molecule has 0 aromatic heterocycles. The molecule has 0 spiro atoms. The van der Waals surface area contributed by atoms with Gasteiger partial charge in [0.2, 0.25) is 10.0 Å². The van der Waals surface area contributed by atoms with Crippen LogP contribution >= 0.6 is 0 Å². The summed E-state index contributed by atoms with van der Waals surface area (Å²) >= 11 is 0. The molecule has 2 aromatic rings. The van der Waals surface area contributed by atoms with E-state index in [9.17, 15) is 8.42 Å². The molecule has 1 N–H and O–H groups in total. The van der Waals surface area contributed by atoms with Gasteiger partial charge in [-0.15, -0.1) is 0 Å². The highest BCUT2D eigenvalue weighted by molar-refractivity contribution is 7.89. The van der Waals surface area contributed by atoms with Crippen LogP contribution in [-0.2, 0) is 29.3 Å². The molecule has 6 heteroatoms. The summed E-state index contributed by atoms with van der Waals surface area (Å²) in [5, 5.41) is 0. The van der Waals surface area contributed by atoms with Crippen LogP contribution in [0, 0.1) is 0 Å². The lowest BCUT2D eigenvalue weighted by atomic mass is 9.92. The molecule has 0 atom stereocenters. The van der Waals surface area contributed by atoms with Crippen LogP contribution in [0.3, 0.4) is 0 Å². The van der Waals surface area contributed by atoms with Crippen LogP contribution in [-0.4, -0.2) is 29.2 Å². The highest BCUT2D eigenvalue weighted by atomic mass is 32.2. The number of sulfonamides is 1. The predicted octanol–water partition coefficient (Wildman–Crippen LogP) is 3.49. The van der Waals surface area contributed by atoms with Gasteiger partial charge in [0.05, 0.1) is 14.2 Å². The quantitative estimate of drug-likeness (QED) is 0.702. The number of nitrogens with one attached hydrogen (secondary N) is 1. The zero-order valence-electron chi connectivity index (χ0n) is 16.0. The van der Waals surface area contributed by atoms with E-state index in [2.05, 4.69) is 4.72 Å². The van der Waals surface area contributed by atoms with Crippen molar-refractivity contribution in [1.82, 2.24) is 4.72 Å². The van der Waals surface area contributed by atoms with Gasteiger partial charge < -0.3 is 9.47 Å². The first-order chi connectivity index (χ1) is 13.0. The first-order valence-corrected chi connectivity index (χ1v) is 10.8. The molecular formula is C21H27NO4S. The van der Waals surface area contributed by atoms with Crippen molar-refractivity contribution in [3.63, 3.8) is 0 Å². The van der Waals surface area contributed by atoms with Gasteiger partial charge in [-0.05, 0) is 73.4 Å². The van der Waals surface area contributed by atoms with Crippen LogP contribution in [0.2, 0.25) is 0 Å². The van der Waals surface area contributed by atoms with E-state index in [0.717, 1.165) is 49.0 Å². The van der Waals surface area contributed by atoms with Gasteiger partial charge in [0.25, 0.3) is 0 Å². The molecule has 0 amide bonds. The Hall–Kier alpha value is -2.05. The van der Waals surface area contributed by atoms with Crippen LogP contribution in [0.1, 0.15) is 36.0 Å². The minimum absolute atomic E-state index is 0.239. The Bertz CT molecular complexity index is 893. The second kappa shape index (κ2) is 8.76. The zero-order valence-corrected chi connectivity index (χ0v) is 16.8. The SMILES string of the molecule is COc1ccccc1CCCNS(=O)(=O)c1cc2c(cc1OC)CCCC2. The van der Waals surface area contributed by atoms with Gasteiger partial charge in [0.15, 0.2) is 0 Å². The number of hydrogen-bond acceptors (Lipinski definition) is 4. The molecule has 0 fully saturated rings. The number of para-hydroxylation sites is 1. The number of aryl methyl sites for hydroxylation is 3. The summed E-state index contributed by atoms with van der Waals surface area (Å²) in [5.74, 6) is 1.25. The summed E-state index contributed by atoms with van der Waals surface area (Å²) < 4.78 is 39.1. The molecule has 5 nitrogen and oxygen atoms in total. The first-order valence-electron chi connectivity index (χ1n) is 9.36. The van der Waals surface area contributed by atoms with E-state index in [1.807, 2.05) is 30.3 Å². The number of methoxy groups -OCH3 is 2. The molecule has 0 radical (unpaired) electrons. The van der Waals surface area contributed by atoms with E-state index in [4.69, 9.17) is 9.47 Å². The van der Waals surface area contributed by atoms with Gasteiger partial charge >= 0.3 is 0 Å². The Kier molecular flexibility index (Phi) is 6.39. The van der Waals surface area contributed by atoms with E-state index in [1.165, 1.54) is 12.7 Å². The largest absolute Gasteiger partial charge is 0.496 e. The Morgan fingerprint density at radius 1 is 0.963 bits per heavy atom. The van der Waals surface area contributed by atoms with Crippen molar-refractivity contribution in [3.8, 4) is 11.5 Å². The maximum Gasteiger partial charge on any atom is 0.244 e. The highest BCUT2D eigenvalue weighted by Crippen LogP contribution is 2.31. The fraction of sp³-hybridized carbons (Fsp3) is 0.429. The van der Waals surface area contributed by atoms with E-state index >= 15 is 0 Å². The van der Waals surface area contributed by atoms with Crippen molar-refractivity contribution in [2.24, 2.45) is 0 Å². The summed E-state index contributed by atoms with van der Waals surface area (Å²) in [6.45, 7) is 0.362. The predicted molar refractivity (Wildman–Crippen MR) is 106 cm³/mol. The molecular weight excluding hydrogens is 362 g/mol. The van der Waals surface area contributed by atoms with Gasteiger partial charge in [0.1, 0.15) is 16.4 Å². The lowest BCUT2D eigenvalue weighted by Gasteiger charge is -2.19. The average Bonchev–Trinajstić information content (AvgIpc) is 2.70. The number of hydrogen-bond donors (Lipinski definition) is 1. The number of fused-ring (bicyclic) bond motifs is 1. The smallest absolute Gasteiger partial charge is 0.244 e. The molecule has 0 aliphatic heterocycles. The van der Waals surface area contributed by atoms with Gasteiger partial charge in [-0.3, -0.25) is 0 Å². The summed E-state index contributed by atoms with van der Waals surface area (Å²) in [6.07, 6.45) is 5.59. The summed E-state index contributed by atoms with van der Waals surface area (Å²) in [7, 11) is -0.451. The van der Waals surface area contributed by atoms with Crippen LogP contribution < -0.4 is 14.2 Å². The Morgan fingerprint density at radius 2 is 1.63 bits per heavy atom. The molecule has 146 valence electrons. The van der Waals surface area contributed by atoms with Crippen molar-refractivity contribution in [3.05, 3.63) is 53.1 Å². The number of ether oxygens (including phenoxy) is 2. The van der Waals surface area contributed by atoms with E-state index < -0.39 is 10.0 Å². The maximum atomic E-state index is 12.8. The molecule has 2 aromatic carbocycles. The highest BCUT2D eigenvalue weighted by Gasteiger charge is 2.22. The second-order valence-electron chi connectivity index (χ2n) is 6.79. The fourth-order valence-corrected chi connectivity index (χ4v) is 4.86. The molecule has 0 saturated carbocycles. The maximum absolute atomic E-state index is 12.8. The van der Waals surface area contributed by atoms with Crippen LogP contribution in [0.4, 0.5) is 0 Å². The lowest BCUT2D eigenvalue weighted by Crippen LogP contribution is -2.26. The number of rotatable bonds is 8. The topological polar surface area (TPSA) is 64.6 Å². The normalized spacial score (nSPS) is 13.9. The van der Waals surface area contributed by atoms with E-state index in [1.54, 1.807) is 13.2 Å². The third kappa shape index (κ3) is 4.62. The monoisotopic (exact) mass is 389 g/mol.